The second-order valence-electron chi connectivity index (χ2n) is 8.65. The average Bonchev–Trinajstić information content (AvgIpc) is 3.12. The summed E-state index contributed by atoms with van der Waals surface area (Å²) in [7, 11) is 0. The number of aryl methyl sites for hydroxylation is 1. The van der Waals surface area contributed by atoms with Crippen molar-refractivity contribution in [2.45, 2.75) is 58.4 Å². The molecule has 1 aliphatic heterocycles. The monoisotopic (exact) mass is 474 g/mol. The van der Waals surface area contributed by atoms with Crippen LogP contribution in [0.2, 0.25) is 5.02 Å². The van der Waals surface area contributed by atoms with Crippen LogP contribution in [0.25, 0.3) is 0 Å². The van der Waals surface area contributed by atoms with Gasteiger partial charge in [-0.25, -0.2) is 0 Å². The molecule has 1 aliphatic carbocycles. The number of halogens is 1. The molecule has 0 bridgehead atoms. The lowest BCUT2D eigenvalue weighted by Crippen LogP contribution is -2.40. The summed E-state index contributed by atoms with van der Waals surface area (Å²) >= 11 is 8.14. The van der Waals surface area contributed by atoms with E-state index in [1.165, 1.54) is 28.8 Å². The zero-order chi connectivity index (χ0) is 22.7. The Morgan fingerprint density at radius 2 is 2.00 bits per heavy atom. The van der Waals surface area contributed by atoms with E-state index in [1.54, 1.807) is 18.3 Å². The van der Waals surface area contributed by atoms with E-state index in [9.17, 15) is 9.59 Å². The predicted molar refractivity (Wildman–Crippen MR) is 129 cm³/mol. The number of carbonyl (C=O) groups is 2. The number of likely N-dealkylation sites (tertiary alicyclic amines) is 1. The number of benzene rings is 1. The summed E-state index contributed by atoms with van der Waals surface area (Å²) in [5.74, 6) is -0.175. The van der Waals surface area contributed by atoms with Gasteiger partial charge < -0.3 is 10.1 Å². The fraction of sp³-hybridized carbons (Fsp3) is 0.520. The maximum atomic E-state index is 12.3. The first-order valence-corrected chi connectivity index (χ1v) is 12.8. The van der Waals surface area contributed by atoms with E-state index in [0.717, 1.165) is 49.3 Å². The molecular formula is C25H31ClN2O3S. The summed E-state index contributed by atoms with van der Waals surface area (Å²) < 4.78 is 5.27. The lowest BCUT2D eigenvalue weighted by Gasteiger charge is -2.38. The summed E-state index contributed by atoms with van der Waals surface area (Å²) in [5, 5.41) is 4.79. The summed E-state index contributed by atoms with van der Waals surface area (Å²) in [4.78, 5) is 28.2. The van der Waals surface area contributed by atoms with Crippen molar-refractivity contribution in [3.05, 3.63) is 50.9 Å². The SMILES string of the molecule is CCOC(=O)C1CCN(C(c2cccc(Cl)c2)c2c(NC(C)=O)sc3c2CCCC3)CC1. The van der Waals surface area contributed by atoms with Gasteiger partial charge in [0.05, 0.1) is 18.6 Å². The van der Waals surface area contributed by atoms with Crippen LogP contribution in [0.15, 0.2) is 24.3 Å². The zero-order valence-electron chi connectivity index (χ0n) is 18.8. The quantitative estimate of drug-likeness (QED) is 0.553. The highest BCUT2D eigenvalue weighted by Crippen LogP contribution is 2.46. The highest BCUT2D eigenvalue weighted by Gasteiger charge is 2.35. The number of nitrogens with one attached hydrogen (secondary N) is 1. The maximum Gasteiger partial charge on any atom is 0.309 e. The standard InChI is InChI=1S/C25H31ClN2O3S/c1-3-31-25(30)17-11-13-28(14-12-17)23(18-7-6-8-19(26)15-18)22-20-9-4-5-10-21(20)32-24(22)27-16(2)29/h6-8,15,17,23H,3-5,9-14H2,1-2H3,(H,27,29). The highest BCUT2D eigenvalue weighted by atomic mass is 35.5. The van der Waals surface area contributed by atoms with Crippen molar-refractivity contribution in [1.82, 2.24) is 4.90 Å². The van der Waals surface area contributed by atoms with Crippen molar-refractivity contribution in [2.75, 3.05) is 25.0 Å². The number of esters is 1. The van der Waals surface area contributed by atoms with Crippen LogP contribution in [-0.2, 0) is 27.2 Å². The van der Waals surface area contributed by atoms with Crippen molar-refractivity contribution >= 4 is 39.8 Å². The number of hydrogen-bond donors (Lipinski definition) is 1. The minimum Gasteiger partial charge on any atom is -0.466 e. The van der Waals surface area contributed by atoms with Gasteiger partial charge >= 0.3 is 5.97 Å². The van der Waals surface area contributed by atoms with Crippen LogP contribution < -0.4 is 5.32 Å². The first-order chi connectivity index (χ1) is 15.5. The average molecular weight is 475 g/mol. The maximum absolute atomic E-state index is 12.3. The summed E-state index contributed by atoms with van der Waals surface area (Å²) in [6.45, 7) is 5.44. The number of rotatable bonds is 6. The zero-order valence-corrected chi connectivity index (χ0v) is 20.4. The van der Waals surface area contributed by atoms with E-state index in [1.807, 2.05) is 25.1 Å². The van der Waals surface area contributed by atoms with Crippen LogP contribution in [0.4, 0.5) is 5.00 Å². The molecule has 5 nitrogen and oxygen atoms in total. The fourth-order valence-corrected chi connectivity index (χ4v) is 6.59. The van der Waals surface area contributed by atoms with Gasteiger partial charge in [0, 0.05) is 22.4 Å². The molecule has 1 unspecified atom stereocenters. The number of thiophene rings is 1. The molecule has 0 saturated carbocycles. The van der Waals surface area contributed by atoms with Gasteiger partial charge in [0.2, 0.25) is 5.91 Å². The molecule has 1 N–H and O–H groups in total. The van der Waals surface area contributed by atoms with Crippen LogP contribution in [-0.4, -0.2) is 36.5 Å². The van der Waals surface area contributed by atoms with E-state index >= 15 is 0 Å². The van der Waals surface area contributed by atoms with Crippen molar-refractivity contribution in [1.29, 1.82) is 0 Å². The Kier molecular flexibility index (Phi) is 7.54. The molecule has 172 valence electrons. The Labute approximate surface area is 199 Å². The van der Waals surface area contributed by atoms with Crippen molar-refractivity contribution in [2.24, 2.45) is 5.92 Å². The smallest absolute Gasteiger partial charge is 0.309 e. The van der Waals surface area contributed by atoms with Gasteiger partial charge in [0.15, 0.2) is 0 Å². The third-order valence-electron chi connectivity index (χ3n) is 6.45. The second kappa shape index (κ2) is 10.4. The summed E-state index contributed by atoms with van der Waals surface area (Å²) in [6.07, 6.45) is 6.02. The first-order valence-electron chi connectivity index (χ1n) is 11.6. The van der Waals surface area contributed by atoms with Crippen molar-refractivity contribution < 1.29 is 14.3 Å². The van der Waals surface area contributed by atoms with E-state index < -0.39 is 0 Å². The fourth-order valence-electron chi connectivity index (χ4n) is 5.02. The molecule has 1 amide bonds. The number of anilines is 1. The minimum absolute atomic E-state index is 0.00297. The number of nitrogens with zero attached hydrogens (tertiary/aromatic N) is 1. The molecule has 1 aromatic heterocycles. The third kappa shape index (κ3) is 5.03. The van der Waals surface area contributed by atoms with Gasteiger partial charge in [-0.3, -0.25) is 14.5 Å². The second-order valence-corrected chi connectivity index (χ2v) is 10.2. The molecule has 0 radical (unpaired) electrons. The molecule has 0 spiro atoms. The summed E-state index contributed by atoms with van der Waals surface area (Å²) in [6, 6.07) is 8.04. The molecule has 2 aromatic rings. The van der Waals surface area contributed by atoms with Crippen LogP contribution in [0.5, 0.6) is 0 Å². The molecule has 1 fully saturated rings. The Morgan fingerprint density at radius 3 is 2.69 bits per heavy atom. The lowest BCUT2D eigenvalue weighted by atomic mass is 9.87. The number of hydrogen-bond acceptors (Lipinski definition) is 5. The van der Waals surface area contributed by atoms with E-state index in [-0.39, 0.29) is 23.8 Å². The van der Waals surface area contributed by atoms with Crippen LogP contribution >= 0.6 is 22.9 Å². The van der Waals surface area contributed by atoms with Gasteiger partial charge in [-0.15, -0.1) is 11.3 Å². The Balaban J connectivity index is 1.73. The molecule has 1 atom stereocenters. The molecule has 1 aromatic carbocycles. The van der Waals surface area contributed by atoms with E-state index in [4.69, 9.17) is 16.3 Å². The van der Waals surface area contributed by atoms with Crippen LogP contribution in [0.3, 0.4) is 0 Å². The molecule has 32 heavy (non-hydrogen) atoms. The molecule has 2 heterocycles. The van der Waals surface area contributed by atoms with Gasteiger partial charge in [0.25, 0.3) is 0 Å². The molecule has 7 heteroatoms. The Hall–Kier alpha value is -1.89. The number of piperidine rings is 1. The number of amides is 1. The number of fused-ring (bicyclic) bond motifs is 1. The largest absolute Gasteiger partial charge is 0.466 e. The lowest BCUT2D eigenvalue weighted by molar-refractivity contribution is -0.149. The molecule has 2 aliphatic rings. The molecular weight excluding hydrogens is 444 g/mol. The molecule has 4 rings (SSSR count). The Bertz CT molecular complexity index is 982. The number of ether oxygens (including phenoxy) is 1. The van der Waals surface area contributed by atoms with Crippen molar-refractivity contribution in [3.63, 3.8) is 0 Å². The minimum atomic E-state index is -0.0849. The normalized spacial score (nSPS) is 18.1. The van der Waals surface area contributed by atoms with Gasteiger partial charge in [-0.1, -0.05) is 23.7 Å². The highest BCUT2D eigenvalue weighted by molar-refractivity contribution is 7.16. The van der Waals surface area contributed by atoms with Crippen molar-refractivity contribution in [3.8, 4) is 0 Å². The van der Waals surface area contributed by atoms with E-state index in [0.29, 0.717) is 11.6 Å². The first kappa shape index (κ1) is 23.3. The third-order valence-corrected chi connectivity index (χ3v) is 7.91. The van der Waals surface area contributed by atoms with E-state index in [2.05, 4.69) is 16.3 Å². The van der Waals surface area contributed by atoms with Gasteiger partial charge in [-0.2, -0.15) is 0 Å². The Morgan fingerprint density at radius 1 is 1.25 bits per heavy atom. The summed E-state index contributed by atoms with van der Waals surface area (Å²) in [5.41, 5.74) is 3.74. The van der Waals surface area contributed by atoms with Gasteiger partial charge in [0.1, 0.15) is 5.00 Å². The van der Waals surface area contributed by atoms with Gasteiger partial charge in [-0.05, 0) is 81.8 Å². The van der Waals surface area contributed by atoms with Crippen LogP contribution in [0, 0.1) is 5.92 Å². The topological polar surface area (TPSA) is 58.6 Å². The van der Waals surface area contributed by atoms with Crippen LogP contribution in [0.1, 0.15) is 67.1 Å². The molecule has 1 saturated heterocycles. The predicted octanol–water partition coefficient (Wildman–Crippen LogP) is 5.60. The number of carbonyl (C=O) groups excluding carboxylic acids is 2.